The lowest BCUT2D eigenvalue weighted by molar-refractivity contribution is -0.384. The van der Waals surface area contributed by atoms with Crippen LogP contribution in [0.25, 0.3) is 55.5 Å². The fraction of sp³-hybridized carbons (Fsp3) is 0.435. The van der Waals surface area contributed by atoms with Crippen molar-refractivity contribution in [1.29, 1.82) is 0 Å². The molecule has 2 aliphatic heterocycles. The number of aromatic amines is 2. The standard InChI is InChI=1S/C46H57N5O2/c1-10-17-19-36-27(8)38-25-40-31(12-3)33(14-5)43(49-40)35(16-7)44-34(15-6)32(13-4)41(50-44)26-39-28(9)37(20-18-11-2)46(48-39)42(45(36)47-38)29-21-23-30(24-22-29)51(52)53/h21-26,49-50H,10-20H2,1-9H3. The molecule has 7 heteroatoms. The number of nitrogens with zero attached hydrogens (tertiary/aromatic N) is 3. The highest BCUT2D eigenvalue weighted by Crippen LogP contribution is 2.45. The molecule has 4 aromatic rings. The van der Waals surface area contributed by atoms with Crippen LogP contribution in [0.3, 0.4) is 0 Å². The molecule has 53 heavy (non-hydrogen) atoms. The van der Waals surface area contributed by atoms with Crippen LogP contribution < -0.4 is 0 Å². The predicted octanol–water partition coefficient (Wildman–Crippen LogP) is 12.9. The zero-order chi connectivity index (χ0) is 38.0. The van der Waals surface area contributed by atoms with Crippen molar-refractivity contribution < 1.29 is 4.92 Å². The second kappa shape index (κ2) is 16.1. The highest BCUT2D eigenvalue weighted by Gasteiger charge is 2.28. The number of fused-ring (bicyclic) bond motifs is 8. The quantitative estimate of drug-likeness (QED) is 0.106. The van der Waals surface area contributed by atoms with E-state index in [0.717, 1.165) is 116 Å². The van der Waals surface area contributed by atoms with Gasteiger partial charge in [-0.2, -0.15) is 0 Å². The Kier molecular flexibility index (Phi) is 11.5. The van der Waals surface area contributed by atoms with E-state index < -0.39 is 0 Å². The Balaban J connectivity index is 1.91. The fourth-order valence-electron chi connectivity index (χ4n) is 8.66. The fourth-order valence-corrected chi connectivity index (χ4v) is 8.66. The van der Waals surface area contributed by atoms with Crippen molar-refractivity contribution in [1.82, 2.24) is 19.9 Å². The molecule has 8 bridgehead atoms. The summed E-state index contributed by atoms with van der Waals surface area (Å²) in [6, 6.07) is 11.6. The van der Waals surface area contributed by atoms with Crippen molar-refractivity contribution in [3.8, 4) is 11.1 Å². The van der Waals surface area contributed by atoms with Gasteiger partial charge in [0.05, 0.1) is 27.7 Å². The minimum absolute atomic E-state index is 0.0762. The van der Waals surface area contributed by atoms with Crippen LogP contribution in [0.4, 0.5) is 5.69 Å². The molecule has 0 amide bonds. The van der Waals surface area contributed by atoms with Crippen LogP contribution in [-0.4, -0.2) is 24.9 Å². The van der Waals surface area contributed by atoms with Gasteiger partial charge in [0.1, 0.15) is 0 Å². The van der Waals surface area contributed by atoms with Crippen LogP contribution in [0.1, 0.15) is 151 Å². The SMILES string of the molecule is CCCCC1=C(C)c2cc3[nH]c(c(CC)c3CC)c(CC)c3[nH]c(cc4nc(c(-c5ccc([N+](=O)[O-])cc5)c1n2)C(CCCC)=C4C)c(CC)c3CC. The molecule has 0 saturated heterocycles. The number of hydrogen-bond donors (Lipinski definition) is 2. The summed E-state index contributed by atoms with van der Waals surface area (Å²) in [6.45, 7) is 20.2. The second-order valence-electron chi connectivity index (χ2n) is 14.6. The Labute approximate surface area is 315 Å². The van der Waals surface area contributed by atoms with Crippen molar-refractivity contribution in [2.45, 2.75) is 133 Å². The molecule has 0 unspecified atom stereocenters. The van der Waals surface area contributed by atoms with Gasteiger partial charge < -0.3 is 9.97 Å². The number of nitro groups is 1. The van der Waals surface area contributed by atoms with Gasteiger partial charge in [0.25, 0.3) is 5.69 Å². The minimum Gasteiger partial charge on any atom is -0.355 e. The number of rotatable bonds is 13. The Hall–Kier alpha value is -4.78. The first-order valence-corrected chi connectivity index (χ1v) is 20.1. The van der Waals surface area contributed by atoms with Crippen molar-refractivity contribution >= 4 is 50.0 Å². The molecule has 0 radical (unpaired) electrons. The summed E-state index contributed by atoms with van der Waals surface area (Å²) in [7, 11) is 0. The molecular formula is C46H57N5O2. The molecule has 0 aliphatic carbocycles. The molecule has 278 valence electrons. The third kappa shape index (κ3) is 6.79. The average Bonchev–Trinajstić information content (AvgIpc) is 3.87. The molecule has 7 nitrogen and oxygen atoms in total. The third-order valence-corrected chi connectivity index (χ3v) is 11.5. The zero-order valence-corrected chi connectivity index (χ0v) is 33.4. The molecule has 0 atom stereocenters. The maximum Gasteiger partial charge on any atom is 0.269 e. The number of aromatic nitrogens is 4. The summed E-state index contributed by atoms with van der Waals surface area (Å²) in [5.74, 6) is 0. The van der Waals surface area contributed by atoms with Crippen LogP contribution in [0.2, 0.25) is 0 Å². The van der Waals surface area contributed by atoms with Gasteiger partial charge in [0.15, 0.2) is 0 Å². The first-order valence-electron chi connectivity index (χ1n) is 20.1. The van der Waals surface area contributed by atoms with Crippen LogP contribution >= 0.6 is 0 Å². The van der Waals surface area contributed by atoms with E-state index in [1.165, 1.54) is 61.1 Å². The summed E-state index contributed by atoms with van der Waals surface area (Å²) in [5, 5.41) is 11.8. The predicted molar refractivity (Wildman–Crippen MR) is 224 cm³/mol. The summed E-state index contributed by atoms with van der Waals surface area (Å²) >= 11 is 0. The number of hydrogen-bond acceptors (Lipinski definition) is 4. The summed E-state index contributed by atoms with van der Waals surface area (Å²) in [6.07, 6.45) is 10.6. The lowest BCUT2D eigenvalue weighted by Crippen LogP contribution is -1.97. The van der Waals surface area contributed by atoms with E-state index in [9.17, 15) is 10.1 Å². The van der Waals surface area contributed by atoms with Crippen LogP contribution in [0.5, 0.6) is 0 Å². The van der Waals surface area contributed by atoms with Crippen molar-refractivity contribution in [3.63, 3.8) is 0 Å². The minimum atomic E-state index is -0.328. The molecule has 1 aromatic carbocycles. The maximum absolute atomic E-state index is 11.8. The number of aryl methyl sites for hydroxylation is 5. The van der Waals surface area contributed by atoms with Gasteiger partial charge in [-0.1, -0.05) is 61.3 Å². The topological polar surface area (TPSA) is 100 Å². The monoisotopic (exact) mass is 711 g/mol. The molecular weight excluding hydrogens is 655 g/mol. The van der Waals surface area contributed by atoms with E-state index in [-0.39, 0.29) is 10.6 Å². The Morgan fingerprint density at radius 3 is 1.38 bits per heavy atom. The highest BCUT2D eigenvalue weighted by atomic mass is 16.6. The van der Waals surface area contributed by atoms with E-state index in [2.05, 4.69) is 84.4 Å². The second-order valence-corrected chi connectivity index (χ2v) is 14.6. The lowest BCUT2D eigenvalue weighted by atomic mass is 9.90. The number of allylic oxidation sites excluding steroid dienone is 4. The van der Waals surface area contributed by atoms with E-state index >= 15 is 0 Å². The van der Waals surface area contributed by atoms with Crippen LogP contribution in [0.15, 0.2) is 36.4 Å². The number of H-pyrrole nitrogens is 2. The number of nitro benzene ring substituents is 1. The van der Waals surface area contributed by atoms with Gasteiger partial charge in [-0.25, -0.2) is 9.97 Å². The van der Waals surface area contributed by atoms with Crippen molar-refractivity contribution in [2.24, 2.45) is 0 Å². The number of non-ortho nitro benzene ring substituents is 1. The zero-order valence-electron chi connectivity index (χ0n) is 33.4. The highest BCUT2D eigenvalue weighted by molar-refractivity contribution is 6.02. The van der Waals surface area contributed by atoms with Gasteiger partial charge >= 0.3 is 0 Å². The van der Waals surface area contributed by atoms with Gasteiger partial charge in [-0.3, -0.25) is 10.1 Å². The van der Waals surface area contributed by atoms with Gasteiger partial charge in [0, 0.05) is 39.8 Å². The normalized spacial score (nSPS) is 13.1. The Bertz CT molecular complexity index is 2150. The van der Waals surface area contributed by atoms with E-state index in [1.54, 1.807) is 12.1 Å². The van der Waals surface area contributed by atoms with Crippen molar-refractivity contribution in [3.05, 3.63) is 97.1 Å². The number of nitrogens with one attached hydrogen (secondary N) is 2. The van der Waals surface area contributed by atoms with E-state index in [0.29, 0.717) is 0 Å². The molecule has 3 aromatic heterocycles. The average molecular weight is 712 g/mol. The first kappa shape index (κ1) is 38.0. The lowest BCUT2D eigenvalue weighted by Gasteiger charge is -2.13. The van der Waals surface area contributed by atoms with Crippen molar-refractivity contribution in [2.75, 3.05) is 0 Å². The molecule has 2 N–H and O–H groups in total. The Morgan fingerprint density at radius 1 is 0.604 bits per heavy atom. The summed E-state index contributed by atoms with van der Waals surface area (Å²) in [4.78, 5) is 30.5. The molecule has 0 spiro atoms. The third-order valence-electron chi connectivity index (χ3n) is 11.5. The maximum atomic E-state index is 11.8. The van der Waals surface area contributed by atoms with Crippen LogP contribution in [-0.2, 0) is 32.1 Å². The molecule has 2 aliphatic rings. The first-order chi connectivity index (χ1) is 25.6. The summed E-state index contributed by atoms with van der Waals surface area (Å²) < 4.78 is 0. The molecule has 0 saturated carbocycles. The number of unbranched alkanes of at least 4 members (excludes halogenated alkanes) is 2. The Morgan fingerprint density at radius 2 is 1.02 bits per heavy atom. The number of benzene rings is 1. The molecule has 6 rings (SSSR count). The largest absolute Gasteiger partial charge is 0.355 e. The molecule has 5 heterocycles. The van der Waals surface area contributed by atoms with Gasteiger partial charge in [0.2, 0.25) is 0 Å². The summed E-state index contributed by atoms with van der Waals surface area (Å²) in [5.41, 5.74) is 22.1. The van der Waals surface area contributed by atoms with E-state index in [4.69, 9.17) is 9.97 Å². The van der Waals surface area contributed by atoms with Gasteiger partial charge in [-0.05, 0) is 152 Å². The van der Waals surface area contributed by atoms with E-state index in [1.807, 2.05) is 12.1 Å². The molecule has 0 fully saturated rings. The van der Waals surface area contributed by atoms with Gasteiger partial charge in [-0.15, -0.1) is 0 Å². The van der Waals surface area contributed by atoms with Crippen LogP contribution in [0, 0.1) is 10.1 Å². The smallest absolute Gasteiger partial charge is 0.269 e.